The Labute approximate surface area is 138 Å². The maximum Gasteiger partial charge on any atom is 0.240 e. The van der Waals surface area contributed by atoms with Gasteiger partial charge in [0.1, 0.15) is 0 Å². The number of fused-ring (bicyclic) bond motifs is 1. The Hall–Kier alpha value is -1.69. The van der Waals surface area contributed by atoms with Crippen LogP contribution in [0.25, 0.3) is 0 Å². The van der Waals surface area contributed by atoms with Gasteiger partial charge in [0.2, 0.25) is 10.0 Å². The first kappa shape index (κ1) is 16.2. The Bertz CT molecular complexity index is 787. The van der Waals surface area contributed by atoms with E-state index in [1.165, 1.54) is 18.2 Å². The summed E-state index contributed by atoms with van der Waals surface area (Å²) in [4.78, 5) is 0.313. The van der Waals surface area contributed by atoms with Crippen molar-refractivity contribution in [2.75, 3.05) is 7.05 Å². The van der Waals surface area contributed by atoms with E-state index in [4.69, 9.17) is 0 Å². The normalized spacial score (nSPS) is 17.7. The highest BCUT2D eigenvalue weighted by atomic mass is 32.2. The Balaban J connectivity index is 1.65. The molecule has 0 radical (unpaired) electrons. The Morgan fingerprint density at radius 1 is 1.09 bits per heavy atom. The number of hydrogen-bond donors (Lipinski definition) is 2. The monoisotopic (exact) mass is 330 g/mol. The molecule has 1 aliphatic rings. The molecule has 0 heterocycles. The molecule has 0 bridgehead atoms. The summed E-state index contributed by atoms with van der Waals surface area (Å²) in [6.07, 6.45) is 3.25. The van der Waals surface area contributed by atoms with Gasteiger partial charge in [0.05, 0.1) is 4.90 Å². The van der Waals surface area contributed by atoms with Crippen LogP contribution >= 0.6 is 0 Å². The average Bonchev–Trinajstić information content (AvgIpc) is 2.60. The highest BCUT2D eigenvalue weighted by Gasteiger charge is 2.18. The summed E-state index contributed by atoms with van der Waals surface area (Å²) in [7, 11) is -1.95. The lowest BCUT2D eigenvalue weighted by atomic mass is 9.88. The Kier molecular flexibility index (Phi) is 4.80. The van der Waals surface area contributed by atoms with Gasteiger partial charge in [-0.05, 0) is 55.1 Å². The molecule has 0 aliphatic heterocycles. The van der Waals surface area contributed by atoms with E-state index in [1.807, 2.05) is 6.07 Å². The van der Waals surface area contributed by atoms with E-state index in [0.29, 0.717) is 17.5 Å². The van der Waals surface area contributed by atoms with Crippen molar-refractivity contribution in [1.29, 1.82) is 0 Å². The van der Waals surface area contributed by atoms with Gasteiger partial charge in [-0.3, -0.25) is 0 Å². The molecule has 0 amide bonds. The van der Waals surface area contributed by atoms with Gasteiger partial charge in [0, 0.05) is 12.6 Å². The molecule has 23 heavy (non-hydrogen) atoms. The van der Waals surface area contributed by atoms with Crippen LogP contribution in [0.3, 0.4) is 0 Å². The summed E-state index contributed by atoms with van der Waals surface area (Å²) in [5, 5.41) is 3.56. The molecular weight excluding hydrogens is 308 g/mol. The van der Waals surface area contributed by atoms with Crippen LogP contribution < -0.4 is 10.0 Å². The number of aryl methyl sites for hydroxylation is 1. The third-order valence-corrected chi connectivity index (χ3v) is 5.83. The van der Waals surface area contributed by atoms with Crippen LogP contribution in [-0.2, 0) is 29.4 Å². The second kappa shape index (κ2) is 6.83. The van der Waals surface area contributed by atoms with E-state index >= 15 is 0 Å². The van der Waals surface area contributed by atoms with Crippen LogP contribution in [0.1, 0.15) is 23.1 Å². The molecule has 5 heteroatoms. The van der Waals surface area contributed by atoms with Crippen LogP contribution in [0, 0.1) is 0 Å². The first-order valence-corrected chi connectivity index (χ1v) is 9.39. The second-order valence-corrected chi connectivity index (χ2v) is 7.83. The van der Waals surface area contributed by atoms with Crippen LogP contribution in [-0.4, -0.2) is 21.5 Å². The summed E-state index contributed by atoms with van der Waals surface area (Å²) in [6, 6.07) is 16.1. The fourth-order valence-corrected chi connectivity index (χ4v) is 3.87. The largest absolute Gasteiger partial charge is 0.310 e. The molecule has 0 saturated heterocycles. The second-order valence-electron chi connectivity index (χ2n) is 5.94. The number of hydrogen-bond acceptors (Lipinski definition) is 3. The summed E-state index contributed by atoms with van der Waals surface area (Å²) in [5.41, 5.74) is 3.86. The van der Waals surface area contributed by atoms with E-state index in [1.54, 1.807) is 18.2 Å². The van der Waals surface area contributed by atoms with Crippen molar-refractivity contribution in [3.05, 3.63) is 65.2 Å². The van der Waals surface area contributed by atoms with Crippen molar-refractivity contribution in [3.8, 4) is 0 Å². The Morgan fingerprint density at radius 3 is 2.65 bits per heavy atom. The predicted octanol–water partition coefficient (Wildman–Crippen LogP) is 2.24. The zero-order valence-electron chi connectivity index (χ0n) is 13.2. The summed E-state index contributed by atoms with van der Waals surface area (Å²) in [6.45, 7) is 0.680. The fraction of sp³-hybridized carbons (Fsp3) is 0.333. The van der Waals surface area contributed by atoms with Gasteiger partial charge in [0.15, 0.2) is 0 Å². The third kappa shape index (κ3) is 3.80. The van der Waals surface area contributed by atoms with Crippen LogP contribution in [0.15, 0.2) is 53.4 Å². The van der Waals surface area contributed by atoms with Crippen molar-refractivity contribution in [1.82, 2.24) is 10.0 Å². The zero-order valence-corrected chi connectivity index (χ0v) is 14.1. The zero-order chi connectivity index (χ0) is 16.3. The molecule has 3 rings (SSSR count). The average molecular weight is 330 g/mol. The van der Waals surface area contributed by atoms with Crippen LogP contribution in [0.4, 0.5) is 0 Å². The van der Waals surface area contributed by atoms with Crippen LogP contribution in [0.5, 0.6) is 0 Å². The topological polar surface area (TPSA) is 58.2 Å². The highest BCUT2D eigenvalue weighted by Crippen LogP contribution is 2.21. The molecule has 122 valence electrons. The standard InChI is InChI=1S/C18H22N2O2S/c1-19-23(21,22)18-8-4-5-14(11-18)13-20-17-10-9-15-6-2-3-7-16(15)12-17/h2-8,11,17,19-20H,9-10,12-13H2,1H3. The van der Waals surface area contributed by atoms with Gasteiger partial charge in [-0.15, -0.1) is 0 Å². The number of benzene rings is 2. The molecule has 1 aliphatic carbocycles. The van der Waals surface area contributed by atoms with Crippen molar-refractivity contribution < 1.29 is 8.42 Å². The minimum Gasteiger partial charge on any atom is -0.310 e. The smallest absolute Gasteiger partial charge is 0.240 e. The van der Waals surface area contributed by atoms with Crippen molar-refractivity contribution in [2.24, 2.45) is 0 Å². The molecule has 0 aromatic heterocycles. The molecule has 0 spiro atoms. The van der Waals surface area contributed by atoms with E-state index in [-0.39, 0.29) is 0 Å². The van der Waals surface area contributed by atoms with Crippen molar-refractivity contribution in [3.63, 3.8) is 0 Å². The van der Waals surface area contributed by atoms with Crippen molar-refractivity contribution in [2.45, 2.75) is 36.7 Å². The SMILES string of the molecule is CNS(=O)(=O)c1cccc(CNC2CCc3ccccc3C2)c1. The molecule has 0 saturated carbocycles. The van der Waals surface area contributed by atoms with E-state index in [2.05, 4.69) is 34.3 Å². The molecule has 1 atom stereocenters. The fourth-order valence-electron chi connectivity index (χ4n) is 3.07. The molecule has 2 aromatic carbocycles. The van der Waals surface area contributed by atoms with E-state index < -0.39 is 10.0 Å². The van der Waals surface area contributed by atoms with Gasteiger partial charge in [-0.1, -0.05) is 36.4 Å². The highest BCUT2D eigenvalue weighted by molar-refractivity contribution is 7.89. The lowest BCUT2D eigenvalue weighted by Crippen LogP contribution is -2.34. The molecule has 1 unspecified atom stereocenters. The van der Waals surface area contributed by atoms with E-state index in [0.717, 1.165) is 24.8 Å². The number of sulfonamides is 1. The maximum absolute atomic E-state index is 11.9. The molecular formula is C18H22N2O2S. The van der Waals surface area contributed by atoms with Gasteiger partial charge in [-0.2, -0.15) is 0 Å². The molecule has 4 nitrogen and oxygen atoms in total. The minimum absolute atomic E-state index is 0.313. The van der Waals surface area contributed by atoms with Crippen molar-refractivity contribution >= 4 is 10.0 Å². The Morgan fingerprint density at radius 2 is 1.87 bits per heavy atom. The lowest BCUT2D eigenvalue weighted by Gasteiger charge is -2.25. The maximum atomic E-state index is 11.9. The summed E-state index contributed by atoms with van der Waals surface area (Å²) >= 11 is 0. The number of rotatable bonds is 5. The van der Waals surface area contributed by atoms with Gasteiger partial charge < -0.3 is 5.32 Å². The minimum atomic E-state index is -3.38. The number of nitrogens with one attached hydrogen (secondary N) is 2. The summed E-state index contributed by atoms with van der Waals surface area (Å²) < 4.78 is 26.1. The third-order valence-electron chi connectivity index (χ3n) is 4.42. The first-order valence-electron chi connectivity index (χ1n) is 7.91. The van der Waals surface area contributed by atoms with E-state index in [9.17, 15) is 8.42 Å². The van der Waals surface area contributed by atoms with Crippen LogP contribution in [0.2, 0.25) is 0 Å². The van der Waals surface area contributed by atoms with Gasteiger partial charge in [0.25, 0.3) is 0 Å². The van der Waals surface area contributed by atoms with Gasteiger partial charge >= 0.3 is 0 Å². The molecule has 0 fully saturated rings. The summed E-state index contributed by atoms with van der Waals surface area (Å²) in [5.74, 6) is 0. The lowest BCUT2D eigenvalue weighted by molar-refractivity contribution is 0.457. The molecule has 2 N–H and O–H groups in total. The first-order chi connectivity index (χ1) is 11.1. The predicted molar refractivity (Wildman–Crippen MR) is 91.8 cm³/mol. The van der Waals surface area contributed by atoms with Gasteiger partial charge in [-0.25, -0.2) is 13.1 Å². The quantitative estimate of drug-likeness (QED) is 0.884. The molecule has 2 aromatic rings.